The van der Waals surface area contributed by atoms with Crippen molar-refractivity contribution in [1.29, 1.82) is 0 Å². The van der Waals surface area contributed by atoms with E-state index < -0.39 is 10.0 Å². The van der Waals surface area contributed by atoms with Gasteiger partial charge in [-0.3, -0.25) is 4.68 Å². The summed E-state index contributed by atoms with van der Waals surface area (Å²) >= 11 is 5.86. The summed E-state index contributed by atoms with van der Waals surface area (Å²) in [4.78, 5) is 0. The summed E-state index contributed by atoms with van der Waals surface area (Å²) in [6.07, 6.45) is 4.10. The molecule has 0 spiro atoms. The number of aromatic nitrogens is 2. The second kappa shape index (κ2) is 5.16. The summed E-state index contributed by atoms with van der Waals surface area (Å²) in [6.45, 7) is 0.492. The van der Waals surface area contributed by atoms with Gasteiger partial charge in [-0.1, -0.05) is 18.0 Å². The third kappa shape index (κ3) is 2.54. The van der Waals surface area contributed by atoms with Gasteiger partial charge in [0.2, 0.25) is 0 Å². The van der Waals surface area contributed by atoms with Crippen LogP contribution in [0.1, 0.15) is 19.3 Å². The molecule has 1 aromatic heterocycles. The van der Waals surface area contributed by atoms with Crippen LogP contribution in [0.25, 0.3) is 0 Å². The summed E-state index contributed by atoms with van der Waals surface area (Å²) in [5.41, 5.74) is 5.64. The van der Waals surface area contributed by atoms with E-state index in [4.69, 9.17) is 17.3 Å². The second-order valence-electron chi connectivity index (χ2n) is 4.58. The van der Waals surface area contributed by atoms with E-state index in [1.807, 2.05) is 0 Å². The fraction of sp³-hybridized carbons (Fsp3) is 0.700. The smallest absolute Gasteiger partial charge is 0.259 e. The van der Waals surface area contributed by atoms with Gasteiger partial charge in [0.15, 0.2) is 5.03 Å². The van der Waals surface area contributed by atoms with E-state index in [0.29, 0.717) is 6.54 Å². The Bertz CT molecular complexity index is 508. The van der Waals surface area contributed by atoms with E-state index in [-0.39, 0.29) is 22.0 Å². The van der Waals surface area contributed by atoms with Gasteiger partial charge in [0.1, 0.15) is 0 Å². The molecule has 0 saturated heterocycles. The lowest BCUT2D eigenvalue weighted by atomic mass is 10.1. The Kier molecular flexibility index (Phi) is 3.96. The normalized spacial score (nSPS) is 24.6. The summed E-state index contributed by atoms with van der Waals surface area (Å²) in [6, 6.07) is -0.106. The van der Waals surface area contributed by atoms with Gasteiger partial charge in [-0.2, -0.15) is 5.10 Å². The van der Waals surface area contributed by atoms with Gasteiger partial charge in [0.25, 0.3) is 10.0 Å². The molecular weight excluding hydrogens is 276 g/mol. The Morgan fingerprint density at radius 3 is 2.89 bits per heavy atom. The zero-order valence-electron chi connectivity index (χ0n) is 10.1. The van der Waals surface area contributed by atoms with Crippen LogP contribution >= 0.6 is 11.6 Å². The average molecular weight is 293 g/mol. The molecule has 18 heavy (non-hydrogen) atoms. The number of halogens is 1. The number of hydrogen-bond donors (Lipinski definition) is 2. The maximum atomic E-state index is 12.3. The van der Waals surface area contributed by atoms with Crippen molar-refractivity contribution in [3.63, 3.8) is 0 Å². The Hall–Kier alpha value is -0.630. The molecule has 0 amide bonds. The van der Waals surface area contributed by atoms with Crippen molar-refractivity contribution in [2.24, 2.45) is 18.7 Å². The van der Waals surface area contributed by atoms with Crippen molar-refractivity contribution in [3.8, 4) is 0 Å². The van der Waals surface area contributed by atoms with Crippen molar-refractivity contribution in [1.82, 2.24) is 14.5 Å². The van der Waals surface area contributed by atoms with E-state index in [9.17, 15) is 8.42 Å². The first-order valence-corrected chi connectivity index (χ1v) is 7.71. The fourth-order valence-corrected chi connectivity index (χ4v) is 4.43. The lowest BCUT2D eigenvalue weighted by Gasteiger charge is -2.19. The number of nitrogens with two attached hydrogens (primary N) is 1. The molecule has 1 aliphatic rings. The van der Waals surface area contributed by atoms with E-state index in [0.717, 1.165) is 19.3 Å². The molecule has 6 nitrogen and oxygen atoms in total. The molecule has 2 unspecified atom stereocenters. The van der Waals surface area contributed by atoms with Crippen LogP contribution in [-0.4, -0.2) is 30.8 Å². The Balaban J connectivity index is 2.23. The van der Waals surface area contributed by atoms with E-state index in [2.05, 4.69) is 9.82 Å². The Labute approximate surface area is 112 Å². The highest BCUT2D eigenvalue weighted by Gasteiger charge is 2.32. The summed E-state index contributed by atoms with van der Waals surface area (Å²) < 4.78 is 28.5. The minimum Gasteiger partial charge on any atom is -0.330 e. The van der Waals surface area contributed by atoms with E-state index >= 15 is 0 Å². The lowest BCUT2D eigenvalue weighted by molar-refractivity contribution is 0.450. The molecule has 0 aromatic carbocycles. The Morgan fingerprint density at radius 2 is 2.33 bits per heavy atom. The fourth-order valence-electron chi connectivity index (χ4n) is 2.43. The van der Waals surface area contributed by atoms with Crippen LogP contribution in [0.4, 0.5) is 0 Å². The molecule has 0 aliphatic heterocycles. The van der Waals surface area contributed by atoms with Gasteiger partial charge >= 0.3 is 0 Å². The molecule has 1 aliphatic carbocycles. The minimum atomic E-state index is -3.64. The number of sulfonamides is 1. The highest BCUT2D eigenvalue weighted by Crippen LogP contribution is 2.27. The molecule has 0 radical (unpaired) electrons. The predicted molar refractivity (Wildman–Crippen MR) is 68.7 cm³/mol. The molecule has 1 fully saturated rings. The van der Waals surface area contributed by atoms with Crippen LogP contribution in [0.2, 0.25) is 5.02 Å². The monoisotopic (exact) mass is 292 g/mol. The SMILES string of the molecule is Cn1ncc(Cl)c1S(=O)(=O)NC1CCCC1CN. The third-order valence-corrected chi connectivity index (χ3v) is 5.36. The molecular formula is C10H17ClN4O2S. The maximum Gasteiger partial charge on any atom is 0.259 e. The number of hydrogen-bond acceptors (Lipinski definition) is 4. The predicted octanol–water partition coefficient (Wildman–Crippen LogP) is 0.479. The van der Waals surface area contributed by atoms with Gasteiger partial charge in [-0.25, -0.2) is 13.1 Å². The number of nitrogens with one attached hydrogen (secondary N) is 1. The number of aryl methyl sites for hydroxylation is 1. The first-order chi connectivity index (χ1) is 8.45. The summed E-state index contributed by atoms with van der Waals surface area (Å²) in [5, 5.41) is 3.98. The summed E-state index contributed by atoms with van der Waals surface area (Å²) in [7, 11) is -2.09. The number of rotatable bonds is 4. The van der Waals surface area contributed by atoms with Gasteiger partial charge in [-0.05, 0) is 25.3 Å². The van der Waals surface area contributed by atoms with Crippen LogP contribution in [-0.2, 0) is 17.1 Å². The molecule has 1 aromatic rings. The Morgan fingerprint density at radius 1 is 1.61 bits per heavy atom. The van der Waals surface area contributed by atoms with Gasteiger partial charge in [-0.15, -0.1) is 0 Å². The standard InChI is InChI=1S/C10H17ClN4O2S/c1-15-10(8(11)6-13-15)18(16,17)14-9-4-2-3-7(9)5-12/h6-7,9,14H,2-5,12H2,1H3. The molecule has 1 saturated carbocycles. The van der Waals surface area contributed by atoms with Crippen LogP contribution in [0.15, 0.2) is 11.2 Å². The average Bonchev–Trinajstić information content (AvgIpc) is 2.85. The van der Waals surface area contributed by atoms with Gasteiger partial charge < -0.3 is 5.73 Å². The summed E-state index contributed by atoms with van der Waals surface area (Å²) in [5.74, 6) is 0.201. The molecule has 3 N–H and O–H groups in total. The molecule has 8 heteroatoms. The van der Waals surface area contributed by atoms with Crippen molar-refractivity contribution < 1.29 is 8.42 Å². The number of nitrogens with zero attached hydrogens (tertiary/aromatic N) is 2. The zero-order chi connectivity index (χ0) is 13.3. The maximum absolute atomic E-state index is 12.3. The van der Waals surface area contributed by atoms with Crippen molar-refractivity contribution >= 4 is 21.6 Å². The minimum absolute atomic E-state index is 0.00633. The zero-order valence-corrected chi connectivity index (χ0v) is 11.7. The van der Waals surface area contributed by atoms with Gasteiger partial charge in [0, 0.05) is 13.1 Å². The van der Waals surface area contributed by atoms with E-state index in [1.165, 1.54) is 10.9 Å². The first-order valence-electron chi connectivity index (χ1n) is 5.85. The topological polar surface area (TPSA) is 90.0 Å². The largest absolute Gasteiger partial charge is 0.330 e. The quantitative estimate of drug-likeness (QED) is 0.844. The molecule has 1 heterocycles. The highest BCUT2D eigenvalue weighted by molar-refractivity contribution is 7.89. The second-order valence-corrected chi connectivity index (χ2v) is 6.61. The van der Waals surface area contributed by atoms with Crippen molar-refractivity contribution in [2.45, 2.75) is 30.3 Å². The first kappa shape index (κ1) is 13.8. The lowest BCUT2D eigenvalue weighted by Crippen LogP contribution is -2.40. The van der Waals surface area contributed by atoms with Crippen LogP contribution in [0.3, 0.4) is 0 Å². The van der Waals surface area contributed by atoms with Crippen LogP contribution in [0, 0.1) is 5.92 Å². The molecule has 2 rings (SSSR count). The highest BCUT2D eigenvalue weighted by atomic mass is 35.5. The van der Waals surface area contributed by atoms with E-state index in [1.54, 1.807) is 7.05 Å². The molecule has 102 valence electrons. The van der Waals surface area contributed by atoms with Crippen LogP contribution in [0.5, 0.6) is 0 Å². The molecule has 2 atom stereocenters. The van der Waals surface area contributed by atoms with Crippen LogP contribution < -0.4 is 10.5 Å². The van der Waals surface area contributed by atoms with Gasteiger partial charge in [0.05, 0.1) is 11.2 Å². The molecule has 0 bridgehead atoms. The van der Waals surface area contributed by atoms with Crippen molar-refractivity contribution in [3.05, 3.63) is 11.2 Å². The third-order valence-electron chi connectivity index (χ3n) is 3.37. The van der Waals surface area contributed by atoms with Crippen molar-refractivity contribution in [2.75, 3.05) is 6.54 Å².